The molecule has 1 aliphatic carbocycles. The van der Waals surface area contributed by atoms with Crippen LogP contribution in [0.25, 0.3) is 0 Å². The van der Waals surface area contributed by atoms with Gasteiger partial charge in [0.1, 0.15) is 5.82 Å². The Balaban J connectivity index is 1.46. The summed E-state index contributed by atoms with van der Waals surface area (Å²) in [5, 5.41) is 11.0. The van der Waals surface area contributed by atoms with Crippen LogP contribution in [0.5, 0.6) is 0 Å². The molecule has 2 aliphatic rings. The van der Waals surface area contributed by atoms with Gasteiger partial charge in [0.25, 0.3) is 0 Å². The topological polar surface area (TPSA) is 36.4 Å². The predicted molar refractivity (Wildman–Crippen MR) is 100 cm³/mol. The van der Waals surface area contributed by atoms with Crippen LogP contribution >= 0.6 is 0 Å². The highest BCUT2D eigenvalue weighted by Gasteiger charge is 2.40. The SMILES string of the molecule is OC1(c2cccnc2)CCN(CC2(c3ccc(F)cc3)CCCC2)CC1. The second-order valence-electron chi connectivity index (χ2n) is 8.04. The van der Waals surface area contributed by atoms with E-state index >= 15 is 0 Å². The lowest BCUT2D eigenvalue weighted by molar-refractivity contribution is -0.0305. The highest BCUT2D eigenvalue weighted by atomic mass is 19.1. The van der Waals surface area contributed by atoms with Gasteiger partial charge in [-0.2, -0.15) is 0 Å². The second kappa shape index (κ2) is 7.09. The summed E-state index contributed by atoms with van der Waals surface area (Å²) in [7, 11) is 0. The minimum absolute atomic E-state index is 0.136. The van der Waals surface area contributed by atoms with E-state index in [-0.39, 0.29) is 11.2 Å². The fourth-order valence-electron chi connectivity index (χ4n) is 4.83. The lowest BCUT2D eigenvalue weighted by atomic mass is 9.77. The first kappa shape index (κ1) is 17.6. The molecular weight excluding hydrogens is 327 g/mol. The van der Waals surface area contributed by atoms with Crippen molar-refractivity contribution in [3.63, 3.8) is 0 Å². The molecule has 0 bridgehead atoms. The van der Waals surface area contributed by atoms with Gasteiger partial charge >= 0.3 is 0 Å². The van der Waals surface area contributed by atoms with Crippen molar-refractivity contribution < 1.29 is 9.50 Å². The normalized spacial score (nSPS) is 22.4. The molecule has 0 radical (unpaired) electrons. The number of benzene rings is 1. The van der Waals surface area contributed by atoms with Crippen molar-refractivity contribution in [3.05, 3.63) is 65.7 Å². The molecule has 26 heavy (non-hydrogen) atoms. The number of halogens is 1. The molecule has 138 valence electrons. The van der Waals surface area contributed by atoms with Gasteiger partial charge in [-0.25, -0.2) is 4.39 Å². The first-order valence-corrected chi connectivity index (χ1v) is 9.71. The van der Waals surface area contributed by atoms with E-state index in [1.54, 1.807) is 24.5 Å². The summed E-state index contributed by atoms with van der Waals surface area (Å²) in [5.74, 6) is -0.165. The van der Waals surface area contributed by atoms with Gasteiger partial charge in [-0.1, -0.05) is 31.0 Å². The van der Waals surface area contributed by atoms with Gasteiger partial charge in [0.05, 0.1) is 5.60 Å². The van der Waals surface area contributed by atoms with Crippen LogP contribution in [-0.2, 0) is 11.0 Å². The van der Waals surface area contributed by atoms with Crippen LogP contribution in [0.4, 0.5) is 4.39 Å². The molecule has 2 aromatic rings. The minimum atomic E-state index is -0.760. The Morgan fingerprint density at radius 2 is 1.65 bits per heavy atom. The van der Waals surface area contributed by atoms with Crippen LogP contribution < -0.4 is 0 Å². The zero-order valence-electron chi connectivity index (χ0n) is 15.2. The number of pyridine rings is 1. The van der Waals surface area contributed by atoms with Crippen molar-refractivity contribution in [1.29, 1.82) is 0 Å². The molecule has 1 aliphatic heterocycles. The largest absolute Gasteiger partial charge is 0.385 e. The average Bonchev–Trinajstić information content (AvgIpc) is 3.15. The summed E-state index contributed by atoms with van der Waals surface area (Å²) in [6.45, 7) is 2.77. The van der Waals surface area contributed by atoms with Crippen molar-refractivity contribution in [1.82, 2.24) is 9.88 Å². The predicted octanol–water partition coefficient (Wildman–Crippen LogP) is 4.02. The summed E-state index contributed by atoms with van der Waals surface area (Å²) in [6, 6.07) is 11.0. The Kier molecular flexibility index (Phi) is 4.80. The highest BCUT2D eigenvalue weighted by molar-refractivity contribution is 5.28. The number of nitrogens with zero attached hydrogens (tertiary/aromatic N) is 2. The van der Waals surface area contributed by atoms with Crippen molar-refractivity contribution in [2.45, 2.75) is 49.5 Å². The van der Waals surface area contributed by atoms with E-state index in [4.69, 9.17) is 0 Å². The van der Waals surface area contributed by atoms with Gasteiger partial charge in [0, 0.05) is 43.0 Å². The molecule has 1 saturated heterocycles. The van der Waals surface area contributed by atoms with E-state index in [1.807, 2.05) is 24.3 Å². The number of rotatable bonds is 4. The van der Waals surface area contributed by atoms with Crippen molar-refractivity contribution in [2.75, 3.05) is 19.6 Å². The smallest absolute Gasteiger partial charge is 0.123 e. The second-order valence-corrected chi connectivity index (χ2v) is 8.04. The Labute approximate surface area is 154 Å². The zero-order valence-corrected chi connectivity index (χ0v) is 15.2. The summed E-state index contributed by atoms with van der Waals surface area (Å²) < 4.78 is 13.4. The Hall–Kier alpha value is -1.78. The van der Waals surface area contributed by atoms with Crippen molar-refractivity contribution in [2.24, 2.45) is 0 Å². The molecule has 1 N–H and O–H groups in total. The van der Waals surface area contributed by atoms with E-state index < -0.39 is 5.60 Å². The first-order chi connectivity index (χ1) is 12.6. The number of aromatic nitrogens is 1. The Bertz CT molecular complexity index is 718. The summed E-state index contributed by atoms with van der Waals surface area (Å²) in [5.41, 5.74) is 1.57. The molecule has 4 rings (SSSR count). The van der Waals surface area contributed by atoms with Crippen LogP contribution in [0.2, 0.25) is 0 Å². The highest BCUT2D eigenvalue weighted by Crippen LogP contribution is 2.43. The van der Waals surface area contributed by atoms with E-state index in [1.165, 1.54) is 31.2 Å². The van der Waals surface area contributed by atoms with Gasteiger partial charge < -0.3 is 10.0 Å². The van der Waals surface area contributed by atoms with Crippen LogP contribution in [0.15, 0.2) is 48.8 Å². The maximum absolute atomic E-state index is 13.4. The third-order valence-corrected chi connectivity index (χ3v) is 6.43. The van der Waals surface area contributed by atoms with Crippen LogP contribution in [0.3, 0.4) is 0 Å². The van der Waals surface area contributed by atoms with Crippen LogP contribution in [0, 0.1) is 5.82 Å². The monoisotopic (exact) mass is 354 g/mol. The lowest BCUT2D eigenvalue weighted by Crippen LogP contribution is -2.47. The van der Waals surface area contributed by atoms with Gasteiger partial charge in [0.2, 0.25) is 0 Å². The third-order valence-electron chi connectivity index (χ3n) is 6.43. The number of piperidine rings is 1. The van der Waals surface area contributed by atoms with Gasteiger partial charge in [0.15, 0.2) is 0 Å². The summed E-state index contributed by atoms with van der Waals surface area (Å²) >= 11 is 0. The summed E-state index contributed by atoms with van der Waals surface area (Å²) in [4.78, 5) is 6.65. The standard InChI is InChI=1S/C22H27FN2O/c23-20-7-5-18(6-8-20)21(9-1-2-10-21)17-25-14-11-22(26,12-15-25)19-4-3-13-24-16-19/h3-8,13,16,26H,1-2,9-12,14-15,17H2. The molecule has 0 amide bonds. The van der Waals surface area contributed by atoms with Gasteiger partial charge in [-0.15, -0.1) is 0 Å². The fraction of sp³-hybridized carbons (Fsp3) is 0.500. The van der Waals surface area contributed by atoms with Gasteiger partial charge in [-0.05, 0) is 49.4 Å². The van der Waals surface area contributed by atoms with Crippen LogP contribution in [-0.4, -0.2) is 34.6 Å². The third kappa shape index (κ3) is 3.40. The number of aliphatic hydroxyl groups is 1. The number of hydrogen-bond acceptors (Lipinski definition) is 3. The Morgan fingerprint density at radius 3 is 2.27 bits per heavy atom. The summed E-state index contributed by atoms with van der Waals surface area (Å²) in [6.07, 6.45) is 9.82. The zero-order chi connectivity index (χ0) is 18.0. The first-order valence-electron chi connectivity index (χ1n) is 9.71. The van der Waals surface area contributed by atoms with E-state index in [0.29, 0.717) is 0 Å². The molecule has 2 fully saturated rings. The van der Waals surface area contributed by atoms with E-state index in [2.05, 4.69) is 9.88 Å². The lowest BCUT2D eigenvalue weighted by Gasteiger charge is -2.42. The molecule has 4 heteroatoms. The molecule has 0 spiro atoms. The van der Waals surface area contributed by atoms with Gasteiger partial charge in [-0.3, -0.25) is 4.98 Å². The maximum Gasteiger partial charge on any atom is 0.123 e. The quantitative estimate of drug-likeness (QED) is 0.901. The van der Waals surface area contributed by atoms with Crippen LogP contribution in [0.1, 0.15) is 49.7 Å². The average molecular weight is 354 g/mol. The maximum atomic E-state index is 13.4. The molecule has 1 saturated carbocycles. The number of hydrogen-bond donors (Lipinski definition) is 1. The molecule has 2 heterocycles. The molecule has 3 nitrogen and oxygen atoms in total. The number of likely N-dealkylation sites (tertiary alicyclic amines) is 1. The molecule has 0 unspecified atom stereocenters. The molecule has 1 aromatic heterocycles. The van der Waals surface area contributed by atoms with E-state index in [0.717, 1.165) is 38.0 Å². The van der Waals surface area contributed by atoms with Crippen molar-refractivity contribution in [3.8, 4) is 0 Å². The fourth-order valence-corrected chi connectivity index (χ4v) is 4.83. The molecular formula is C22H27FN2O. The Morgan fingerprint density at radius 1 is 0.962 bits per heavy atom. The van der Waals surface area contributed by atoms with Crippen molar-refractivity contribution >= 4 is 0 Å². The van der Waals surface area contributed by atoms with E-state index in [9.17, 15) is 9.50 Å². The minimum Gasteiger partial charge on any atom is -0.385 e. The molecule has 0 atom stereocenters. The molecule has 1 aromatic carbocycles.